The van der Waals surface area contributed by atoms with Gasteiger partial charge in [-0.05, 0) is 45.1 Å². The Morgan fingerprint density at radius 2 is 2.27 bits per heavy atom. The van der Waals surface area contributed by atoms with Gasteiger partial charge in [0.05, 0.1) is 6.61 Å². The molecule has 1 N–H and O–H groups in total. The van der Waals surface area contributed by atoms with Crippen LogP contribution in [0.4, 0.5) is 0 Å². The summed E-state index contributed by atoms with van der Waals surface area (Å²) in [5.74, 6) is 0.785. The Balaban J connectivity index is 1.72. The van der Waals surface area contributed by atoms with Gasteiger partial charge in [-0.25, -0.2) is 0 Å². The van der Waals surface area contributed by atoms with Crippen LogP contribution in [0.3, 0.4) is 0 Å². The molecule has 2 fully saturated rings. The van der Waals surface area contributed by atoms with Gasteiger partial charge < -0.3 is 10.1 Å². The molecule has 0 aromatic carbocycles. The summed E-state index contributed by atoms with van der Waals surface area (Å²) >= 11 is 0. The number of rotatable bonds is 4. The van der Waals surface area contributed by atoms with Gasteiger partial charge in [-0.2, -0.15) is 0 Å². The molecule has 0 amide bonds. The summed E-state index contributed by atoms with van der Waals surface area (Å²) in [5, 5.41) is 3.27. The van der Waals surface area contributed by atoms with Crippen molar-refractivity contribution in [3.63, 3.8) is 0 Å². The van der Waals surface area contributed by atoms with Crippen LogP contribution in [0.2, 0.25) is 0 Å². The normalized spacial score (nSPS) is 31.3. The number of hydrogen-bond donors (Lipinski definition) is 1. The summed E-state index contributed by atoms with van der Waals surface area (Å²) in [7, 11) is 0. The lowest BCUT2D eigenvalue weighted by atomic mass is 9.91. The summed E-state index contributed by atoms with van der Waals surface area (Å²) in [4.78, 5) is 11.8. The fourth-order valence-corrected chi connectivity index (χ4v) is 2.11. The molecule has 2 rings (SSSR count). The third kappa shape index (κ3) is 2.94. The standard InChI is InChI=1S/C12H21NO2/c1-12(7-2-3-8-13-12)11(14)15-9-6-10-4-5-10/h10,13H,2-9H2,1H3. The van der Waals surface area contributed by atoms with E-state index in [0.717, 1.165) is 31.7 Å². The van der Waals surface area contributed by atoms with E-state index in [1.165, 1.54) is 19.3 Å². The van der Waals surface area contributed by atoms with Crippen LogP contribution in [0.1, 0.15) is 45.4 Å². The maximum Gasteiger partial charge on any atom is 0.326 e. The zero-order valence-corrected chi connectivity index (χ0v) is 9.55. The van der Waals surface area contributed by atoms with Crippen molar-refractivity contribution < 1.29 is 9.53 Å². The fraction of sp³-hybridized carbons (Fsp3) is 0.917. The molecule has 1 atom stereocenters. The van der Waals surface area contributed by atoms with E-state index in [2.05, 4.69) is 5.32 Å². The predicted molar refractivity (Wildman–Crippen MR) is 58.6 cm³/mol. The molecule has 0 aromatic rings. The maximum atomic E-state index is 11.8. The second-order valence-corrected chi connectivity index (χ2v) is 5.08. The highest BCUT2D eigenvalue weighted by Crippen LogP contribution is 2.32. The molecule has 1 unspecified atom stereocenters. The van der Waals surface area contributed by atoms with Gasteiger partial charge >= 0.3 is 5.97 Å². The van der Waals surface area contributed by atoms with Gasteiger partial charge in [0.15, 0.2) is 0 Å². The van der Waals surface area contributed by atoms with Gasteiger partial charge in [-0.1, -0.05) is 12.8 Å². The largest absolute Gasteiger partial charge is 0.464 e. The molecule has 15 heavy (non-hydrogen) atoms. The first-order valence-corrected chi connectivity index (χ1v) is 6.13. The molecule has 1 saturated carbocycles. The van der Waals surface area contributed by atoms with E-state index in [0.29, 0.717) is 6.61 Å². The lowest BCUT2D eigenvalue weighted by Gasteiger charge is -2.32. The Kier molecular flexibility index (Phi) is 3.29. The Morgan fingerprint density at radius 1 is 1.47 bits per heavy atom. The number of nitrogens with one attached hydrogen (secondary N) is 1. The van der Waals surface area contributed by atoms with Crippen LogP contribution in [0.5, 0.6) is 0 Å². The molecule has 0 radical (unpaired) electrons. The third-order valence-corrected chi connectivity index (χ3v) is 3.53. The predicted octanol–water partition coefficient (Wildman–Crippen LogP) is 1.86. The van der Waals surface area contributed by atoms with E-state index in [1.54, 1.807) is 0 Å². The average molecular weight is 211 g/mol. The second kappa shape index (κ2) is 4.52. The molecule has 0 bridgehead atoms. The summed E-state index contributed by atoms with van der Waals surface area (Å²) in [5.41, 5.74) is -0.415. The van der Waals surface area contributed by atoms with Gasteiger partial charge in [0, 0.05) is 0 Å². The van der Waals surface area contributed by atoms with Crippen LogP contribution in [-0.2, 0) is 9.53 Å². The summed E-state index contributed by atoms with van der Waals surface area (Å²) in [6.07, 6.45) is 6.92. The molecule has 2 aliphatic rings. The van der Waals surface area contributed by atoms with Gasteiger partial charge in [-0.15, -0.1) is 0 Å². The quantitative estimate of drug-likeness (QED) is 0.721. The minimum absolute atomic E-state index is 0.0529. The molecule has 0 spiro atoms. The van der Waals surface area contributed by atoms with Crippen molar-refractivity contribution >= 4 is 5.97 Å². The van der Waals surface area contributed by atoms with Crippen molar-refractivity contribution in [1.82, 2.24) is 5.32 Å². The molecular formula is C12H21NO2. The monoisotopic (exact) mass is 211 g/mol. The topological polar surface area (TPSA) is 38.3 Å². The fourth-order valence-electron chi connectivity index (χ4n) is 2.11. The van der Waals surface area contributed by atoms with E-state index >= 15 is 0 Å². The molecular weight excluding hydrogens is 190 g/mol. The van der Waals surface area contributed by atoms with Gasteiger partial charge in [0.1, 0.15) is 5.54 Å². The van der Waals surface area contributed by atoms with Crippen LogP contribution < -0.4 is 5.32 Å². The van der Waals surface area contributed by atoms with Crippen LogP contribution in [-0.4, -0.2) is 24.7 Å². The molecule has 1 saturated heterocycles. The molecule has 1 aliphatic carbocycles. The van der Waals surface area contributed by atoms with Gasteiger partial charge in [0.2, 0.25) is 0 Å². The highest BCUT2D eigenvalue weighted by Gasteiger charge is 2.36. The number of carbonyl (C=O) groups excluding carboxylic acids is 1. The van der Waals surface area contributed by atoms with Crippen LogP contribution in [0, 0.1) is 5.92 Å². The van der Waals surface area contributed by atoms with Crippen LogP contribution in [0.15, 0.2) is 0 Å². The molecule has 3 nitrogen and oxygen atoms in total. The Morgan fingerprint density at radius 3 is 2.87 bits per heavy atom. The maximum absolute atomic E-state index is 11.8. The van der Waals surface area contributed by atoms with Gasteiger partial charge in [0.25, 0.3) is 0 Å². The van der Waals surface area contributed by atoms with Crippen LogP contribution >= 0.6 is 0 Å². The first kappa shape index (κ1) is 10.9. The molecule has 1 heterocycles. The van der Waals surface area contributed by atoms with Crippen molar-refractivity contribution in [3.8, 4) is 0 Å². The van der Waals surface area contributed by atoms with Crippen molar-refractivity contribution in [1.29, 1.82) is 0 Å². The van der Waals surface area contributed by atoms with E-state index in [1.807, 2.05) is 6.92 Å². The summed E-state index contributed by atoms with van der Waals surface area (Å²) < 4.78 is 5.33. The number of ether oxygens (including phenoxy) is 1. The van der Waals surface area contributed by atoms with E-state index in [4.69, 9.17) is 4.74 Å². The lowest BCUT2D eigenvalue weighted by Crippen LogP contribution is -2.53. The second-order valence-electron chi connectivity index (χ2n) is 5.08. The van der Waals surface area contributed by atoms with Crippen molar-refractivity contribution in [2.24, 2.45) is 5.92 Å². The highest BCUT2D eigenvalue weighted by atomic mass is 16.5. The van der Waals surface area contributed by atoms with Crippen molar-refractivity contribution in [3.05, 3.63) is 0 Å². The Labute approximate surface area is 91.6 Å². The summed E-state index contributed by atoms with van der Waals surface area (Å²) in [6, 6.07) is 0. The summed E-state index contributed by atoms with van der Waals surface area (Å²) in [6.45, 7) is 3.51. The molecule has 86 valence electrons. The van der Waals surface area contributed by atoms with E-state index < -0.39 is 5.54 Å². The lowest BCUT2D eigenvalue weighted by molar-refractivity contribution is -0.152. The first-order chi connectivity index (χ1) is 7.21. The molecule has 1 aliphatic heterocycles. The number of esters is 1. The van der Waals surface area contributed by atoms with Crippen LogP contribution in [0.25, 0.3) is 0 Å². The van der Waals surface area contributed by atoms with E-state index in [9.17, 15) is 4.79 Å². The number of carbonyl (C=O) groups is 1. The Hall–Kier alpha value is -0.570. The minimum Gasteiger partial charge on any atom is -0.464 e. The molecule has 0 aromatic heterocycles. The van der Waals surface area contributed by atoms with Gasteiger partial charge in [-0.3, -0.25) is 4.79 Å². The molecule has 3 heteroatoms. The zero-order chi connectivity index (χ0) is 10.7. The average Bonchev–Trinajstić information content (AvgIpc) is 3.03. The van der Waals surface area contributed by atoms with Crippen molar-refractivity contribution in [2.45, 2.75) is 51.0 Å². The van der Waals surface area contributed by atoms with Crippen molar-refractivity contribution in [2.75, 3.05) is 13.2 Å². The third-order valence-electron chi connectivity index (χ3n) is 3.53. The zero-order valence-electron chi connectivity index (χ0n) is 9.55. The Bertz CT molecular complexity index is 230. The number of piperidine rings is 1. The number of hydrogen-bond acceptors (Lipinski definition) is 3. The minimum atomic E-state index is -0.415. The SMILES string of the molecule is CC1(C(=O)OCCC2CC2)CCCCN1. The highest BCUT2D eigenvalue weighted by molar-refractivity contribution is 5.80. The van der Waals surface area contributed by atoms with E-state index in [-0.39, 0.29) is 5.97 Å². The smallest absolute Gasteiger partial charge is 0.326 e. The first-order valence-electron chi connectivity index (χ1n) is 6.13.